The van der Waals surface area contributed by atoms with E-state index in [2.05, 4.69) is 0 Å². The molecule has 5 N–H and O–H groups in total. The third kappa shape index (κ3) is 2870. The Morgan fingerprint density at radius 2 is 1.00 bits per heavy atom. The van der Waals surface area contributed by atoms with Crippen LogP contribution in [0.1, 0.15) is 6.92 Å². The molecule has 0 amide bonds. The van der Waals surface area contributed by atoms with Gasteiger partial charge in [0.25, 0.3) is 5.97 Å². The molecule has 0 atom stereocenters. The highest BCUT2D eigenvalue weighted by Crippen LogP contribution is 1.98. The number of carboxylic acid groups (broad SMARTS) is 1. The fraction of sp³-hybridized carbons (Fsp3) is 0.500. The quantitative estimate of drug-likeness (QED) is 0.339. The first-order valence-corrected chi connectivity index (χ1v) is 4.42. The zero-order valence-electron chi connectivity index (χ0n) is 5.86. The van der Waals surface area contributed by atoms with Crippen LogP contribution in [0.5, 0.6) is 0 Å². The number of hydrogen-bond donors (Lipinski definition) is 5. The average molecular weight is 222 g/mol. The van der Waals surface area contributed by atoms with E-state index in [1.807, 2.05) is 0 Å². The highest BCUT2D eigenvalue weighted by molar-refractivity contribution is 7.31. The first-order valence-electron chi connectivity index (χ1n) is 2.09. The van der Waals surface area contributed by atoms with Crippen LogP contribution >= 0.6 is 16.5 Å². The molecule has 0 fully saturated rings. The highest BCUT2D eigenvalue weighted by atomic mass is 31.1. The minimum absolute atomic E-state index is 0.833. The van der Waals surface area contributed by atoms with E-state index >= 15 is 0 Å². The Hall–Kier alpha value is -0.490. The Balaban J connectivity index is -0.000000101. The highest BCUT2D eigenvalue weighted by Gasteiger charge is 1.93. The van der Waals surface area contributed by atoms with Crippen molar-refractivity contribution in [2.24, 2.45) is 0 Å². The lowest BCUT2D eigenvalue weighted by molar-refractivity contribution is -0.134. The molecule has 0 bridgehead atoms. The van der Waals surface area contributed by atoms with Crippen LogP contribution in [0.2, 0.25) is 0 Å². The van der Waals surface area contributed by atoms with E-state index in [0.717, 1.165) is 6.92 Å². The van der Waals surface area contributed by atoms with Crippen LogP contribution < -0.4 is 0 Å². The molecular formula is C2H8O8P2+2. The predicted molar refractivity (Wildman–Crippen MR) is 37.4 cm³/mol. The monoisotopic (exact) mass is 222 g/mol. The number of rotatable bonds is 0. The van der Waals surface area contributed by atoms with Crippen LogP contribution in [0.3, 0.4) is 0 Å². The summed E-state index contributed by atoms with van der Waals surface area (Å²) < 4.78 is 17.4. The van der Waals surface area contributed by atoms with Crippen molar-refractivity contribution in [2.45, 2.75) is 6.92 Å². The number of hydrogen-bond acceptors (Lipinski definition) is 3. The van der Waals surface area contributed by atoms with Gasteiger partial charge in [0.2, 0.25) is 0 Å². The molecule has 0 radical (unpaired) electrons. The van der Waals surface area contributed by atoms with Crippen LogP contribution in [0, 0.1) is 0 Å². The maximum Gasteiger partial charge on any atom is 0.692 e. The van der Waals surface area contributed by atoms with Crippen molar-refractivity contribution >= 4 is 22.5 Å². The van der Waals surface area contributed by atoms with Gasteiger partial charge in [-0.1, -0.05) is 0 Å². The van der Waals surface area contributed by atoms with Gasteiger partial charge in [0.05, 0.1) is 0 Å². The molecule has 72 valence electrons. The van der Waals surface area contributed by atoms with Gasteiger partial charge in [-0.2, -0.15) is 0 Å². The maximum atomic E-state index is 9.00. The summed E-state index contributed by atoms with van der Waals surface area (Å²) in [5.74, 6) is -0.833. The minimum Gasteiger partial charge on any atom is -0.481 e. The molecule has 0 aromatic heterocycles. The lowest BCUT2D eigenvalue weighted by Gasteiger charge is -1.59. The largest absolute Gasteiger partial charge is 0.692 e. The second-order valence-electron chi connectivity index (χ2n) is 1.02. The van der Waals surface area contributed by atoms with E-state index in [1.54, 1.807) is 0 Å². The van der Waals surface area contributed by atoms with E-state index in [-0.39, 0.29) is 0 Å². The van der Waals surface area contributed by atoms with Gasteiger partial charge in [0, 0.05) is 16.1 Å². The third-order valence-corrected chi connectivity index (χ3v) is 0. The van der Waals surface area contributed by atoms with Crippen molar-refractivity contribution in [3.63, 3.8) is 0 Å². The fourth-order valence-electron chi connectivity index (χ4n) is 0. The Bertz CT molecular complexity index is 113. The van der Waals surface area contributed by atoms with E-state index < -0.39 is 22.5 Å². The SMILES string of the molecule is CC(=O)O.O=[P+](O)O.O=[P+](O)O. The van der Waals surface area contributed by atoms with Gasteiger partial charge in [0.1, 0.15) is 0 Å². The molecule has 0 saturated heterocycles. The summed E-state index contributed by atoms with van der Waals surface area (Å²) in [5, 5.41) is 7.42. The van der Waals surface area contributed by atoms with Crippen LogP contribution in [-0.2, 0) is 13.9 Å². The first kappa shape index (κ1) is 17.6. The number of carboxylic acids is 1. The Morgan fingerprint density at radius 3 is 1.00 bits per heavy atom. The van der Waals surface area contributed by atoms with Gasteiger partial charge in [-0.3, -0.25) is 4.79 Å². The van der Waals surface area contributed by atoms with E-state index in [0.29, 0.717) is 0 Å². The van der Waals surface area contributed by atoms with Gasteiger partial charge < -0.3 is 5.11 Å². The lowest BCUT2D eigenvalue weighted by Crippen LogP contribution is -1.78. The molecule has 0 rings (SSSR count). The van der Waals surface area contributed by atoms with Crippen molar-refractivity contribution in [2.75, 3.05) is 0 Å². The normalized spacial score (nSPS) is 6.42. The minimum atomic E-state index is -2.87. The molecule has 12 heavy (non-hydrogen) atoms. The van der Waals surface area contributed by atoms with Crippen LogP contribution in [0.15, 0.2) is 0 Å². The second-order valence-corrected chi connectivity index (χ2v) is 2.04. The molecule has 0 saturated carbocycles. The molecular weight excluding hydrogens is 214 g/mol. The molecule has 10 heteroatoms. The fourth-order valence-corrected chi connectivity index (χ4v) is 0. The van der Waals surface area contributed by atoms with Gasteiger partial charge >= 0.3 is 16.5 Å². The summed E-state index contributed by atoms with van der Waals surface area (Å²) in [4.78, 5) is 37.5. The zero-order chi connectivity index (χ0) is 10.7. The summed E-state index contributed by atoms with van der Waals surface area (Å²) in [6, 6.07) is 0. The summed E-state index contributed by atoms with van der Waals surface area (Å²) in [6.45, 7) is 1.08. The standard InChI is InChI=1S/C2H4O2.2HO3P/c1-2(3)4;2*1-4(2)3/h1H3,(H,3,4);2*(H-,1,2,3)/p+2. The summed E-state index contributed by atoms with van der Waals surface area (Å²) in [5.41, 5.74) is 0. The molecule has 0 heterocycles. The van der Waals surface area contributed by atoms with Crippen molar-refractivity contribution in [3.05, 3.63) is 0 Å². The molecule has 0 aliphatic carbocycles. The van der Waals surface area contributed by atoms with Crippen LogP contribution in [-0.4, -0.2) is 30.6 Å². The van der Waals surface area contributed by atoms with Gasteiger partial charge in [0.15, 0.2) is 0 Å². The molecule has 0 spiro atoms. The van der Waals surface area contributed by atoms with Crippen molar-refractivity contribution in [1.29, 1.82) is 0 Å². The molecule has 0 unspecified atom stereocenters. The first-order chi connectivity index (χ1) is 5.20. The van der Waals surface area contributed by atoms with Gasteiger partial charge in [-0.15, -0.1) is 19.6 Å². The second kappa shape index (κ2) is 13.1. The predicted octanol–water partition coefficient (Wildman–Crippen LogP) is -0.652. The maximum absolute atomic E-state index is 9.00. The molecule has 0 aliphatic heterocycles. The van der Waals surface area contributed by atoms with E-state index in [4.69, 9.17) is 38.6 Å². The third-order valence-electron chi connectivity index (χ3n) is 0. The zero-order valence-corrected chi connectivity index (χ0v) is 7.64. The van der Waals surface area contributed by atoms with Gasteiger partial charge in [-0.05, 0) is 0 Å². The number of aliphatic carboxylic acids is 1. The van der Waals surface area contributed by atoms with Crippen molar-refractivity contribution < 1.29 is 38.6 Å². The summed E-state index contributed by atoms with van der Waals surface area (Å²) >= 11 is 0. The molecule has 8 nitrogen and oxygen atoms in total. The average Bonchev–Trinajstić information content (AvgIpc) is 1.54. The van der Waals surface area contributed by atoms with Crippen LogP contribution in [0.4, 0.5) is 0 Å². The van der Waals surface area contributed by atoms with E-state index in [1.165, 1.54) is 0 Å². The van der Waals surface area contributed by atoms with E-state index in [9.17, 15) is 0 Å². The smallest absolute Gasteiger partial charge is 0.481 e. The van der Waals surface area contributed by atoms with Crippen molar-refractivity contribution in [3.8, 4) is 0 Å². The van der Waals surface area contributed by atoms with Crippen LogP contribution in [0.25, 0.3) is 0 Å². The van der Waals surface area contributed by atoms with Gasteiger partial charge in [-0.25, -0.2) is 0 Å². The topological polar surface area (TPSA) is 152 Å². The molecule has 0 aliphatic rings. The molecule has 0 aromatic carbocycles. The summed E-state index contributed by atoms with van der Waals surface area (Å²) in [7, 11) is -5.74. The Morgan fingerprint density at radius 1 is 1.00 bits per heavy atom. The number of carbonyl (C=O) groups is 1. The summed E-state index contributed by atoms with van der Waals surface area (Å²) in [6.07, 6.45) is 0. The Kier molecular flexibility index (Phi) is 19.2. The Labute approximate surface area is 69.0 Å². The molecule has 0 aromatic rings. The van der Waals surface area contributed by atoms with Crippen molar-refractivity contribution in [1.82, 2.24) is 0 Å². The lowest BCUT2D eigenvalue weighted by atomic mass is 10.9.